The first-order valence-electron chi connectivity index (χ1n) is 10.2. The highest BCUT2D eigenvalue weighted by Gasteiger charge is 2.25. The molecule has 8 heteroatoms. The van der Waals surface area contributed by atoms with Crippen LogP contribution in [0.1, 0.15) is 33.2 Å². The van der Waals surface area contributed by atoms with Crippen LogP contribution in [0.2, 0.25) is 0 Å². The molecule has 31 heavy (non-hydrogen) atoms. The van der Waals surface area contributed by atoms with Crippen molar-refractivity contribution in [2.24, 2.45) is 4.99 Å². The van der Waals surface area contributed by atoms with Crippen molar-refractivity contribution in [3.63, 3.8) is 0 Å². The molecule has 1 saturated heterocycles. The summed E-state index contributed by atoms with van der Waals surface area (Å²) in [5.74, 6) is 0.0980. The maximum atomic E-state index is 13.6. The first-order valence-corrected chi connectivity index (χ1v) is 10.2. The largest absolute Gasteiger partial charge is 0.370 e. The number of carbonyl (C=O) groups excluding carboxylic acids is 1. The third-order valence-electron chi connectivity index (χ3n) is 5.24. The Hall–Kier alpha value is -2.20. The van der Waals surface area contributed by atoms with E-state index in [-0.39, 0.29) is 41.8 Å². The fourth-order valence-electron chi connectivity index (χ4n) is 3.50. The highest BCUT2D eigenvalue weighted by atomic mass is 127. The Morgan fingerprint density at radius 3 is 2.61 bits per heavy atom. The van der Waals surface area contributed by atoms with Gasteiger partial charge in [-0.15, -0.1) is 24.0 Å². The lowest BCUT2D eigenvalue weighted by atomic mass is 10.0. The second-order valence-electron chi connectivity index (χ2n) is 7.36. The van der Waals surface area contributed by atoms with Gasteiger partial charge < -0.3 is 20.3 Å². The molecule has 0 saturated carbocycles. The summed E-state index contributed by atoms with van der Waals surface area (Å²) in [6, 6.07) is 12.7. The summed E-state index contributed by atoms with van der Waals surface area (Å²) in [6.07, 6.45) is -0.00497. The number of amides is 1. The van der Waals surface area contributed by atoms with Gasteiger partial charge in [-0.3, -0.25) is 9.79 Å². The number of benzene rings is 2. The Morgan fingerprint density at radius 2 is 1.90 bits per heavy atom. The molecule has 2 aromatic carbocycles. The Bertz CT molecular complexity index is 922. The number of halogens is 2. The monoisotopic (exact) mass is 540 g/mol. The molecule has 0 bridgehead atoms. The van der Waals surface area contributed by atoms with Crippen LogP contribution in [0.4, 0.5) is 4.39 Å². The van der Waals surface area contributed by atoms with Gasteiger partial charge in [-0.1, -0.05) is 30.3 Å². The molecule has 168 valence electrons. The molecule has 3 rings (SSSR count). The number of nitrogens with zero attached hydrogens (tertiary/aromatic N) is 2. The zero-order chi connectivity index (χ0) is 21.5. The topological polar surface area (TPSA) is 66.0 Å². The van der Waals surface area contributed by atoms with Gasteiger partial charge in [0.15, 0.2) is 5.96 Å². The van der Waals surface area contributed by atoms with Crippen molar-refractivity contribution < 1.29 is 13.9 Å². The predicted octanol–water partition coefficient (Wildman–Crippen LogP) is 3.44. The number of aliphatic imine (C=N–C) groups is 1. The molecule has 0 aromatic heterocycles. The van der Waals surface area contributed by atoms with Crippen molar-refractivity contribution in [1.29, 1.82) is 0 Å². The minimum absolute atomic E-state index is 0. The third-order valence-corrected chi connectivity index (χ3v) is 5.24. The van der Waals surface area contributed by atoms with Crippen molar-refractivity contribution in [1.82, 2.24) is 15.5 Å². The van der Waals surface area contributed by atoms with Crippen LogP contribution in [0.25, 0.3) is 0 Å². The van der Waals surface area contributed by atoms with Crippen LogP contribution >= 0.6 is 24.0 Å². The number of nitrogens with one attached hydrogen (secondary N) is 2. The summed E-state index contributed by atoms with van der Waals surface area (Å²) in [5.41, 5.74) is 3.24. The van der Waals surface area contributed by atoms with Gasteiger partial charge in [-0.2, -0.15) is 0 Å². The zero-order valence-electron chi connectivity index (χ0n) is 18.2. The molecule has 1 amide bonds. The molecule has 1 aliphatic rings. The summed E-state index contributed by atoms with van der Waals surface area (Å²) in [6.45, 7) is 6.75. The number of rotatable bonds is 5. The van der Waals surface area contributed by atoms with Crippen LogP contribution in [0.3, 0.4) is 0 Å². The lowest BCUT2D eigenvalue weighted by Gasteiger charge is -2.35. The van der Waals surface area contributed by atoms with Crippen LogP contribution in [-0.2, 0) is 4.74 Å². The van der Waals surface area contributed by atoms with E-state index < -0.39 is 0 Å². The van der Waals surface area contributed by atoms with E-state index in [1.807, 2.05) is 12.1 Å². The zero-order valence-corrected chi connectivity index (χ0v) is 20.5. The van der Waals surface area contributed by atoms with Crippen LogP contribution in [0.5, 0.6) is 0 Å². The van der Waals surface area contributed by atoms with Crippen LogP contribution in [-0.4, -0.2) is 56.6 Å². The minimum Gasteiger partial charge on any atom is -0.370 e. The van der Waals surface area contributed by atoms with Crippen molar-refractivity contribution >= 4 is 35.8 Å². The predicted molar refractivity (Wildman–Crippen MR) is 132 cm³/mol. The van der Waals surface area contributed by atoms with E-state index in [2.05, 4.69) is 39.6 Å². The Balaban J connectivity index is 0.00000341. The van der Waals surface area contributed by atoms with Gasteiger partial charge in [0, 0.05) is 32.2 Å². The third kappa shape index (κ3) is 6.64. The summed E-state index contributed by atoms with van der Waals surface area (Å²) in [4.78, 5) is 18.7. The van der Waals surface area contributed by atoms with E-state index in [0.29, 0.717) is 37.4 Å². The van der Waals surface area contributed by atoms with Crippen LogP contribution in [0.15, 0.2) is 47.5 Å². The van der Waals surface area contributed by atoms with Crippen molar-refractivity contribution in [3.8, 4) is 0 Å². The quantitative estimate of drug-likeness (QED) is 0.264. The van der Waals surface area contributed by atoms with Gasteiger partial charge in [0.2, 0.25) is 0 Å². The van der Waals surface area contributed by atoms with Crippen molar-refractivity contribution in [2.45, 2.75) is 20.0 Å². The SMILES string of the molecule is CN=C(NCCNC(=O)c1ccc(C)c(F)c1)N1CCOC(c2ccccc2C)C1.I. The van der Waals surface area contributed by atoms with E-state index in [0.717, 1.165) is 12.5 Å². The van der Waals surface area contributed by atoms with Crippen LogP contribution < -0.4 is 10.6 Å². The number of guanidine groups is 1. The molecule has 0 spiro atoms. The van der Waals surface area contributed by atoms with Crippen molar-refractivity contribution in [2.75, 3.05) is 39.8 Å². The molecule has 6 nitrogen and oxygen atoms in total. The summed E-state index contributed by atoms with van der Waals surface area (Å²) in [7, 11) is 1.74. The number of aryl methyl sites for hydroxylation is 2. The standard InChI is InChI=1S/C23H29FN4O2.HI/c1-16-6-4-5-7-19(16)21-15-28(12-13-30-21)23(25-3)27-11-10-26-22(29)18-9-8-17(2)20(24)14-18;/h4-9,14,21H,10-13,15H2,1-3H3,(H,25,27)(H,26,29);1H. The van der Waals surface area contributed by atoms with E-state index in [9.17, 15) is 9.18 Å². The van der Waals surface area contributed by atoms with Crippen molar-refractivity contribution in [3.05, 3.63) is 70.5 Å². The first-order chi connectivity index (χ1) is 14.5. The second kappa shape index (κ2) is 12.0. The molecular weight excluding hydrogens is 510 g/mol. The molecule has 2 N–H and O–H groups in total. The molecule has 2 aromatic rings. The molecule has 0 aliphatic carbocycles. The van der Waals surface area contributed by atoms with Gasteiger partial charge in [0.05, 0.1) is 13.2 Å². The molecular formula is C23H30FIN4O2. The Morgan fingerprint density at radius 1 is 1.16 bits per heavy atom. The number of carbonyl (C=O) groups is 1. The van der Waals surface area contributed by atoms with Gasteiger partial charge in [-0.05, 0) is 42.7 Å². The van der Waals surface area contributed by atoms with E-state index >= 15 is 0 Å². The van der Waals surface area contributed by atoms with Crippen LogP contribution in [0, 0.1) is 19.7 Å². The smallest absolute Gasteiger partial charge is 0.251 e. The lowest BCUT2D eigenvalue weighted by Crippen LogP contribution is -2.49. The van der Waals surface area contributed by atoms with Gasteiger partial charge in [-0.25, -0.2) is 4.39 Å². The lowest BCUT2D eigenvalue weighted by molar-refractivity contribution is -0.00829. The Labute approximate surface area is 200 Å². The highest BCUT2D eigenvalue weighted by Crippen LogP contribution is 2.24. The highest BCUT2D eigenvalue weighted by molar-refractivity contribution is 14.0. The van der Waals surface area contributed by atoms with Gasteiger partial charge in [0.25, 0.3) is 5.91 Å². The van der Waals surface area contributed by atoms with E-state index in [4.69, 9.17) is 4.74 Å². The molecule has 0 radical (unpaired) electrons. The number of hydrogen-bond donors (Lipinski definition) is 2. The minimum atomic E-state index is -0.378. The molecule has 1 aliphatic heterocycles. The van der Waals surface area contributed by atoms with Gasteiger partial charge >= 0.3 is 0 Å². The second-order valence-corrected chi connectivity index (χ2v) is 7.36. The average Bonchev–Trinajstić information content (AvgIpc) is 2.76. The number of ether oxygens (including phenoxy) is 1. The summed E-state index contributed by atoms with van der Waals surface area (Å²) >= 11 is 0. The molecule has 1 fully saturated rings. The summed E-state index contributed by atoms with van der Waals surface area (Å²) in [5, 5.41) is 6.09. The number of morpholine rings is 1. The Kier molecular flexibility index (Phi) is 9.70. The molecule has 1 atom stereocenters. The molecule has 1 unspecified atom stereocenters. The normalized spacial score (nSPS) is 16.5. The molecule has 1 heterocycles. The van der Waals surface area contributed by atoms with E-state index in [1.54, 1.807) is 26.1 Å². The number of hydrogen-bond acceptors (Lipinski definition) is 3. The first kappa shape index (κ1) is 25.1. The maximum absolute atomic E-state index is 13.6. The fraction of sp³-hybridized carbons (Fsp3) is 0.391. The van der Waals surface area contributed by atoms with E-state index in [1.165, 1.54) is 17.2 Å². The summed E-state index contributed by atoms with van der Waals surface area (Å²) < 4.78 is 19.6. The fourth-order valence-corrected chi connectivity index (χ4v) is 3.50. The maximum Gasteiger partial charge on any atom is 0.251 e. The van der Waals surface area contributed by atoms with Gasteiger partial charge in [0.1, 0.15) is 11.9 Å². The average molecular weight is 540 g/mol.